The van der Waals surface area contributed by atoms with E-state index in [1.165, 1.54) is 6.92 Å². The third-order valence-corrected chi connectivity index (χ3v) is 4.19. The van der Waals surface area contributed by atoms with Crippen LogP contribution in [0.15, 0.2) is 48.5 Å². The van der Waals surface area contributed by atoms with E-state index in [0.717, 1.165) is 33.5 Å². The molecule has 0 atom stereocenters. The van der Waals surface area contributed by atoms with Gasteiger partial charge in [0, 0.05) is 12.4 Å². The van der Waals surface area contributed by atoms with Crippen LogP contribution in [0.1, 0.15) is 6.92 Å². The number of hydrogen-bond donors (Lipinski definition) is 1. The molecule has 0 aromatic heterocycles. The lowest BCUT2D eigenvalue weighted by Gasteiger charge is -2.09. The van der Waals surface area contributed by atoms with Gasteiger partial charge in [-0.15, -0.1) is 0 Å². The van der Waals surface area contributed by atoms with Crippen molar-refractivity contribution in [1.82, 2.24) is 14.5 Å². The van der Waals surface area contributed by atoms with Gasteiger partial charge in [-0.3, -0.25) is 4.55 Å². The van der Waals surface area contributed by atoms with Gasteiger partial charge >= 0.3 is 10.4 Å². The van der Waals surface area contributed by atoms with E-state index in [4.69, 9.17) is 9.54 Å². The lowest BCUT2D eigenvalue weighted by Crippen LogP contribution is -2.01. The van der Waals surface area contributed by atoms with Crippen molar-refractivity contribution in [2.45, 2.75) is 6.92 Å². The molecule has 0 aliphatic carbocycles. The van der Waals surface area contributed by atoms with Gasteiger partial charge in [0.05, 0.1) is 23.2 Å². The molecular weight excluding hydrogens is 342 g/mol. The monoisotopic (exact) mass is 359 g/mol. The van der Waals surface area contributed by atoms with Crippen molar-refractivity contribution in [3.05, 3.63) is 48.5 Å². The number of para-hydroxylation sites is 3. The van der Waals surface area contributed by atoms with E-state index in [9.17, 15) is 8.42 Å². The van der Waals surface area contributed by atoms with Crippen molar-refractivity contribution in [3.63, 3.8) is 0 Å². The maximum absolute atomic E-state index is 9.56. The van der Waals surface area contributed by atoms with Gasteiger partial charge in [0.25, 0.3) is 0 Å². The smallest absolute Gasteiger partial charge is 0.326 e. The molecule has 0 saturated carbocycles. The third-order valence-electron chi connectivity index (χ3n) is 3.66. The second kappa shape index (κ2) is 6.75. The van der Waals surface area contributed by atoms with Crippen LogP contribution in [0.25, 0.3) is 33.5 Å². The van der Waals surface area contributed by atoms with Crippen LogP contribution in [0.3, 0.4) is 0 Å². The largest absolute Gasteiger partial charge is 0.397 e. The SMILES string of the molecule is CCOS(=O)(=O)O.Cn1c2nc3ccccc3c-2nc2ccccc21. The van der Waals surface area contributed by atoms with Crippen LogP contribution in [0.4, 0.5) is 0 Å². The van der Waals surface area contributed by atoms with Crippen LogP contribution in [0, 0.1) is 0 Å². The Balaban J connectivity index is 0.000000225. The van der Waals surface area contributed by atoms with E-state index < -0.39 is 10.4 Å². The summed E-state index contributed by atoms with van der Waals surface area (Å²) in [7, 11) is -2.13. The second-order valence-corrected chi connectivity index (χ2v) is 6.39. The summed E-state index contributed by atoms with van der Waals surface area (Å²) in [6.45, 7) is 1.44. The van der Waals surface area contributed by atoms with E-state index in [-0.39, 0.29) is 6.61 Å². The lowest BCUT2D eigenvalue weighted by atomic mass is 10.2. The van der Waals surface area contributed by atoms with Crippen LogP contribution in [-0.2, 0) is 21.6 Å². The first-order chi connectivity index (χ1) is 11.9. The fourth-order valence-electron chi connectivity index (χ4n) is 2.63. The molecule has 1 N–H and O–H groups in total. The zero-order chi connectivity index (χ0) is 18.0. The van der Waals surface area contributed by atoms with Gasteiger partial charge in [-0.1, -0.05) is 30.3 Å². The predicted octanol–water partition coefficient (Wildman–Crippen LogP) is 3.05. The minimum absolute atomic E-state index is 0.0289. The number of aryl methyl sites for hydroxylation is 1. The Morgan fingerprint density at radius 2 is 1.68 bits per heavy atom. The number of nitrogens with zero attached hydrogens (tertiary/aromatic N) is 3. The predicted molar refractivity (Wildman–Crippen MR) is 95.8 cm³/mol. The number of benzene rings is 2. The molecule has 0 fully saturated rings. The molecule has 2 heterocycles. The van der Waals surface area contributed by atoms with E-state index in [1.807, 2.05) is 43.4 Å². The zero-order valence-electron chi connectivity index (χ0n) is 13.7. The summed E-state index contributed by atoms with van der Waals surface area (Å²) in [5, 5.41) is 1.12. The number of rotatable bonds is 2. The van der Waals surface area contributed by atoms with Crippen molar-refractivity contribution < 1.29 is 17.2 Å². The maximum atomic E-state index is 9.56. The molecule has 0 saturated heterocycles. The zero-order valence-corrected chi connectivity index (χ0v) is 14.6. The third kappa shape index (κ3) is 3.60. The quantitative estimate of drug-likeness (QED) is 0.553. The summed E-state index contributed by atoms with van der Waals surface area (Å²) in [6, 6.07) is 16.3. The Hall–Kier alpha value is -2.55. The number of aromatic nitrogens is 3. The van der Waals surface area contributed by atoms with Gasteiger partial charge in [-0.05, 0) is 25.1 Å². The van der Waals surface area contributed by atoms with Crippen molar-refractivity contribution >= 4 is 32.3 Å². The maximum Gasteiger partial charge on any atom is 0.397 e. The second-order valence-electron chi connectivity index (χ2n) is 5.29. The summed E-state index contributed by atoms with van der Waals surface area (Å²) in [5.41, 5.74) is 4.09. The Morgan fingerprint density at radius 1 is 1.04 bits per heavy atom. The van der Waals surface area contributed by atoms with Gasteiger partial charge in [0.15, 0.2) is 5.82 Å². The highest BCUT2D eigenvalue weighted by Crippen LogP contribution is 2.31. The molecule has 25 heavy (non-hydrogen) atoms. The van der Waals surface area contributed by atoms with Gasteiger partial charge in [0.1, 0.15) is 5.69 Å². The molecule has 8 heteroatoms. The van der Waals surface area contributed by atoms with Crippen molar-refractivity contribution in [2.24, 2.45) is 7.05 Å². The Kier molecular flexibility index (Phi) is 4.67. The molecule has 2 aliphatic rings. The molecular formula is C17H17N3O4S. The molecule has 2 aromatic rings. The van der Waals surface area contributed by atoms with Crippen molar-refractivity contribution in [2.75, 3.05) is 6.61 Å². The van der Waals surface area contributed by atoms with Crippen molar-refractivity contribution in [3.8, 4) is 11.5 Å². The first-order valence-electron chi connectivity index (χ1n) is 7.62. The number of fused-ring (bicyclic) bond motifs is 4. The highest BCUT2D eigenvalue weighted by atomic mass is 32.3. The lowest BCUT2D eigenvalue weighted by molar-refractivity contribution is 0.283. The average molecular weight is 359 g/mol. The van der Waals surface area contributed by atoms with Gasteiger partial charge in [-0.25, -0.2) is 14.2 Å². The fourth-order valence-corrected chi connectivity index (χ4v) is 2.93. The number of hydrogen-bond acceptors (Lipinski definition) is 5. The summed E-state index contributed by atoms with van der Waals surface area (Å²) in [6.07, 6.45) is 0. The van der Waals surface area contributed by atoms with E-state index >= 15 is 0 Å². The normalized spacial score (nSPS) is 11.6. The molecule has 2 aromatic carbocycles. The minimum atomic E-state index is -4.17. The standard InChI is InChI=1S/C15H11N3.C2H6O4S/c1-18-13-9-5-4-8-12(13)16-14-10-6-2-3-7-11(10)17-15(14)18;1-2-6-7(3,4)5/h2-9H,1H3;2H2,1H3,(H,3,4,5). The molecule has 7 nitrogen and oxygen atoms in total. The molecule has 0 radical (unpaired) electrons. The van der Waals surface area contributed by atoms with E-state index in [0.29, 0.717) is 0 Å². The molecule has 0 bridgehead atoms. The Bertz CT molecular complexity index is 1110. The fraction of sp³-hybridized carbons (Fsp3) is 0.176. The molecule has 0 spiro atoms. The molecule has 4 rings (SSSR count). The summed E-state index contributed by atoms with van der Waals surface area (Å²) >= 11 is 0. The van der Waals surface area contributed by atoms with Crippen LogP contribution in [0.5, 0.6) is 0 Å². The first kappa shape index (κ1) is 17.3. The highest BCUT2D eigenvalue weighted by Gasteiger charge is 2.16. The van der Waals surface area contributed by atoms with Crippen LogP contribution in [0.2, 0.25) is 0 Å². The summed E-state index contributed by atoms with van der Waals surface area (Å²) in [5.74, 6) is 0.940. The van der Waals surface area contributed by atoms with Crippen LogP contribution >= 0.6 is 0 Å². The topological polar surface area (TPSA) is 94.3 Å². The summed E-state index contributed by atoms with van der Waals surface area (Å²) in [4.78, 5) is 9.41. The highest BCUT2D eigenvalue weighted by molar-refractivity contribution is 7.80. The molecule has 0 amide bonds. The first-order valence-corrected chi connectivity index (χ1v) is 8.99. The molecule has 130 valence electrons. The summed E-state index contributed by atoms with van der Waals surface area (Å²) < 4.78 is 32.8. The van der Waals surface area contributed by atoms with Gasteiger partial charge in [0.2, 0.25) is 0 Å². The van der Waals surface area contributed by atoms with Crippen molar-refractivity contribution in [1.29, 1.82) is 0 Å². The van der Waals surface area contributed by atoms with Crippen LogP contribution < -0.4 is 0 Å². The van der Waals surface area contributed by atoms with Gasteiger partial charge in [-0.2, -0.15) is 8.42 Å². The van der Waals surface area contributed by atoms with E-state index in [1.54, 1.807) is 0 Å². The van der Waals surface area contributed by atoms with Gasteiger partial charge < -0.3 is 4.57 Å². The minimum Gasteiger partial charge on any atom is -0.326 e. The Morgan fingerprint density at radius 3 is 2.32 bits per heavy atom. The molecule has 0 unspecified atom stereocenters. The average Bonchev–Trinajstić information content (AvgIpc) is 2.94. The van der Waals surface area contributed by atoms with E-state index in [2.05, 4.69) is 25.9 Å². The molecule has 2 aliphatic heterocycles. The van der Waals surface area contributed by atoms with Crippen LogP contribution in [-0.4, -0.2) is 34.1 Å². The Labute approximate surface area is 145 Å².